The molecule has 0 unspecified atom stereocenters. The van der Waals surface area contributed by atoms with Crippen LogP contribution in [0.5, 0.6) is 0 Å². The van der Waals surface area contributed by atoms with Crippen molar-refractivity contribution >= 4 is 15.7 Å². The van der Waals surface area contributed by atoms with Gasteiger partial charge >= 0.3 is 0 Å². The Morgan fingerprint density at radius 3 is 2.55 bits per heavy atom. The number of nitrogens with one attached hydrogen (secondary N) is 2. The number of nitrogens with zero attached hydrogens (tertiary/aromatic N) is 2. The molecule has 108 valence electrons. The zero-order chi connectivity index (χ0) is 14.6. The van der Waals surface area contributed by atoms with Crippen molar-refractivity contribution in [3.8, 4) is 0 Å². The van der Waals surface area contributed by atoms with E-state index in [9.17, 15) is 8.42 Å². The Hall–Kier alpha value is -1.97. The average Bonchev–Trinajstić information content (AvgIpc) is 2.84. The van der Waals surface area contributed by atoms with Crippen LogP contribution in [0.3, 0.4) is 0 Å². The number of benzene rings is 1. The minimum atomic E-state index is -3.56. The highest BCUT2D eigenvalue weighted by Gasteiger charge is 2.14. The Balaban J connectivity index is 1.96. The zero-order valence-corrected chi connectivity index (χ0v) is 11.6. The highest BCUT2D eigenvalue weighted by molar-refractivity contribution is 7.89. The molecule has 1 heterocycles. The summed E-state index contributed by atoms with van der Waals surface area (Å²) >= 11 is 0. The maximum Gasteiger partial charge on any atom is 0.240 e. The molecule has 2 rings (SSSR count). The standard InChI is InChI=1S/C11H15N5O3S/c1-8-14-11(19-16-8)6-7-13-20(17,18)10-4-2-9(15-12)3-5-10/h2-5,13,15H,6-7,12H2,1H3. The van der Waals surface area contributed by atoms with Gasteiger partial charge in [0.15, 0.2) is 5.82 Å². The van der Waals surface area contributed by atoms with E-state index >= 15 is 0 Å². The molecule has 0 aliphatic carbocycles. The van der Waals surface area contributed by atoms with E-state index in [0.717, 1.165) is 0 Å². The maximum atomic E-state index is 12.0. The summed E-state index contributed by atoms with van der Waals surface area (Å²) in [5.41, 5.74) is 3.06. The van der Waals surface area contributed by atoms with Crippen LogP contribution in [0.4, 0.5) is 5.69 Å². The summed E-state index contributed by atoms with van der Waals surface area (Å²) in [5, 5.41) is 3.63. The molecule has 0 radical (unpaired) electrons. The molecule has 0 aliphatic heterocycles. The number of hydrogen-bond acceptors (Lipinski definition) is 7. The number of aromatic nitrogens is 2. The number of sulfonamides is 1. The Labute approximate surface area is 116 Å². The van der Waals surface area contributed by atoms with Crippen LogP contribution in [0.15, 0.2) is 33.7 Å². The molecule has 0 saturated heterocycles. The molecule has 0 saturated carbocycles. The first-order chi connectivity index (χ1) is 9.51. The zero-order valence-electron chi connectivity index (χ0n) is 10.8. The van der Waals surface area contributed by atoms with Gasteiger partial charge in [-0.15, -0.1) is 0 Å². The Kier molecular flexibility index (Phi) is 4.32. The van der Waals surface area contributed by atoms with Gasteiger partial charge in [0.05, 0.1) is 4.90 Å². The third-order valence-corrected chi connectivity index (χ3v) is 4.01. The third-order valence-electron chi connectivity index (χ3n) is 2.53. The van der Waals surface area contributed by atoms with Crippen molar-refractivity contribution in [2.24, 2.45) is 5.84 Å². The smallest absolute Gasteiger partial charge is 0.240 e. The van der Waals surface area contributed by atoms with E-state index in [4.69, 9.17) is 10.4 Å². The molecule has 4 N–H and O–H groups in total. The van der Waals surface area contributed by atoms with Gasteiger partial charge in [-0.05, 0) is 31.2 Å². The van der Waals surface area contributed by atoms with Gasteiger partial charge in [0.2, 0.25) is 15.9 Å². The van der Waals surface area contributed by atoms with Crippen molar-refractivity contribution in [3.05, 3.63) is 36.0 Å². The predicted molar refractivity (Wildman–Crippen MR) is 72.2 cm³/mol. The summed E-state index contributed by atoms with van der Waals surface area (Å²) in [6.07, 6.45) is 0.336. The van der Waals surface area contributed by atoms with Gasteiger partial charge in [0, 0.05) is 18.7 Å². The van der Waals surface area contributed by atoms with Crippen LogP contribution in [-0.4, -0.2) is 25.1 Å². The van der Waals surface area contributed by atoms with Crippen LogP contribution in [-0.2, 0) is 16.4 Å². The molecule has 1 aromatic carbocycles. The molecule has 0 bridgehead atoms. The number of hydrogen-bond donors (Lipinski definition) is 3. The highest BCUT2D eigenvalue weighted by Crippen LogP contribution is 2.12. The lowest BCUT2D eigenvalue weighted by atomic mass is 10.3. The van der Waals surface area contributed by atoms with Crippen LogP contribution < -0.4 is 16.0 Å². The molecule has 2 aromatic rings. The highest BCUT2D eigenvalue weighted by atomic mass is 32.2. The number of anilines is 1. The molecule has 20 heavy (non-hydrogen) atoms. The SMILES string of the molecule is Cc1noc(CCNS(=O)(=O)c2ccc(NN)cc2)n1. The molecule has 0 spiro atoms. The minimum absolute atomic E-state index is 0.165. The lowest BCUT2D eigenvalue weighted by molar-refractivity contribution is 0.375. The first-order valence-corrected chi connectivity index (χ1v) is 7.35. The van der Waals surface area contributed by atoms with E-state index in [0.29, 0.717) is 23.8 Å². The van der Waals surface area contributed by atoms with Gasteiger partial charge in [-0.25, -0.2) is 13.1 Å². The third kappa shape index (κ3) is 3.53. The molecule has 0 atom stereocenters. The quantitative estimate of drug-likeness (QED) is 0.513. The minimum Gasteiger partial charge on any atom is -0.339 e. The summed E-state index contributed by atoms with van der Waals surface area (Å²) < 4.78 is 31.4. The second-order valence-corrected chi connectivity index (χ2v) is 5.82. The number of aryl methyl sites for hydroxylation is 1. The number of nitrogens with two attached hydrogens (primary N) is 1. The van der Waals surface area contributed by atoms with Gasteiger partial charge in [-0.1, -0.05) is 5.16 Å². The largest absolute Gasteiger partial charge is 0.339 e. The van der Waals surface area contributed by atoms with Crippen molar-refractivity contribution in [1.29, 1.82) is 0 Å². The number of rotatable bonds is 6. The van der Waals surface area contributed by atoms with E-state index in [-0.39, 0.29) is 11.4 Å². The van der Waals surface area contributed by atoms with Gasteiger partial charge in [-0.2, -0.15) is 4.98 Å². The van der Waals surface area contributed by atoms with Crippen molar-refractivity contribution in [2.45, 2.75) is 18.2 Å². The normalized spacial score (nSPS) is 11.5. The van der Waals surface area contributed by atoms with E-state index < -0.39 is 10.0 Å². The van der Waals surface area contributed by atoms with Crippen LogP contribution in [0, 0.1) is 6.92 Å². The molecule has 8 nitrogen and oxygen atoms in total. The van der Waals surface area contributed by atoms with Gasteiger partial charge in [0.1, 0.15) is 0 Å². The maximum absolute atomic E-state index is 12.0. The summed E-state index contributed by atoms with van der Waals surface area (Å²) in [6.45, 7) is 1.88. The van der Waals surface area contributed by atoms with Gasteiger partial charge < -0.3 is 9.95 Å². The topological polar surface area (TPSA) is 123 Å². The van der Waals surface area contributed by atoms with Crippen LogP contribution in [0.25, 0.3) is 0 Å². The first-order valence-electron chi connectivity index (χ1n) is 5.87. The molecule has 0 aliphatic rings. The summed E-state index contributed by atoms with van der Waals surface area (Å²) in [7, 11) is -3.56. The second-order valence-electron chi connectivity index (χ2n) is 4.05. The number of hydrazine groups is 1. The summed E-state index contributed by atoms with van der Waals surface area (Å²) in [4.78, 5) is 4.16. The van der Waals surface area contributed by atoms with E-state index in [1.165, 1.54) is 12.1 Å². The molecule has 0 fully saturated rings. The van der Waals surface area contributed by atoms with Crippen LogP contribution in [0.1, 0.15) is 11.7 Å². The summed E-state index contributed by atoms with van der Waals surface area (Å²) in [6, 6.07) is 6.09. The van der Waals surface area contributed by atoms with Crippen molar-refractivity contribution in [1.82, 2.24) is 14.9 Å². The van der Waals surface area contributed by atoms with Crippen molar-refractivity contribution < 1.29 is 12.9 Å². The van der Waals surface area contributed by atoms with Gasteiger partial charge in [-0.3, -0.25) is 5.84 Å². The number of nitrogen functional groups attached to an aromatic ring is 1. The Bertz CT molecular complexity index is 666. The fourth-order valence-electron chi connectivity index (χ4n) is 1.55. The van der Waals surface area contributed by atoms with E-state index in [2.05, 4.69) is 20.3 Å². The van der Waals surface area contributed by atoms with Gasteiger partial charge in [0.25, 0.3) is 0 Å². The fourth-order valence-corrected chi connectivity index (χ4v) is 2.58. The second kappa shape index (κ2) is 5.99. The lowest BCUT2D eigenvalue weighted by Crippen LogP contribution is -2.26. The summed E-state index contributed by atoms with van der Waals surface area (Å²) in [5.74, 6) is 6.13. The molecule has 9 heteroatoms. The first kappa shape index (κ1) is 14.4. The van der Waals surface area contributed by atoms with Crippen LogP contribution >= 0.6 is 0 Å². The molecular weight excluding hydrogens is 282 g/mol. The predicted octanol–water partition coefficient (Wildman–Crippen LogP) is 0.185. The Morgan fingerprint density at radius 1 is 1.30 bits per heavy atom. The van der Waals surface area contributed by atoms with Crippen molar-refractivity contribution in [3.63, 3.8) is 0 Å². The molecule has 1 aromatic heterocycles. The average molecular weight is 297 g/mol. The van der Waals surface area contributed by atoms with E-state index in [1.807, 2.05) is 0 Å². The lowest BCUT2D eigenvalue weighted by Gasteiger charge is -2.06. The Morgan fingerprint density at radius 2 is 2.00 bits per heavy atom. The monoisotopic (exact) mass is 297 g/mol. The van der Waals surface area contributed by atoms with Crippen molar-refractivity contribution in [2.75, 3.05) is 12.0 Å². The molecule has 0 amide bonds. The molecular formula is C11H15N5O3S. The van der Waals surface area contributed by atoms with Crippen LogP contribution in [0.2, 0.25) is 0 Å². The fraction of sp³-hybridized carbons (Fsp3) is 0.273. The van der Waals surface area contributed by atoms with E-state index in [1.54, 1.807) is 19.1 Å².